The predicted molar refractivity (Wildman–Crippen MR) is 90.9 cm³/mol. The van der Waals surface area contributed by atoms with Crippen molar-refractivity contribution < 1.29 is 9.59 Å². The average Bonchev–Trinajstić information content (AvgIpc) is 2.85. The molecule has 1 aliphatic rings. The van der Waals surface area contributed by atoms with E-state index in [1.54, 1.807) is 12.1 Å². The fourth-order valence-corrected chi connectivity index (χ4v) is 3.08. The third kappa shape index (κ3) is 4.77. The Morgan fingerprint density at radius 3 is 2.61 bits per heavy atom. The summed E-state index contributed by atoms with van der Waals surface area (Å²) in [6.07, 6.45) is 3.49. The standard InChI is InChI=1S/C17H26N4O2/c1-21(2)10-13-7-6-12(17(19)23)8-15(13)20-16(22)9-11-4-3-5-14(11)18/h6-8,11,14H,3-5,9-10,18H2,1-2H3,(H2,19,23)(H,20,22)/t11-,14+/m0/s1. The van der Waals surface area contributed by atoms with Crippen LogP contribution in [0, 0.1) is 5.92 Å². The Hall–Kier alpha value is -1.92. The maximum absolute atomic E-state index is 12.3. The molecule has 6 nitrogen and oxygen atoms in total. The molecule has 2 amide bonds. The molecular formula is C17H26N4O2. The SMILES string of the molecule is CN(C)Cc1ccc(C(N)=O)cc1NC(=O)C[C@@H]1CCC[C@H]1N. The third-order valence-corrected chi connectivity index (χ3v) is 4.32. The summed E-state index contributed by atoms with van der Waals surface area (Å²) in [5.74, 6) is -0.324. The van der Waals surface area contributed by atoms with Crippen LogP contribution in [-0.4, -0.2) is 36.9 Å². The minimum atomic E-state index is -0.505. The van der Waals surface area contributed by atoms with E-state index in [9.17, 15) is 9.59 Å². The van der Waals surface area contributed by atoms with Crippen molar-refractivity contribution in [1.29, 1.82) is 0 Å². The number of nitrogens with zero attached hydrogens (tertiary/aromatic N) is 1. The second-order valence-electron chi connectivity index (χ2n) is 6.58. The minimum Gasteiger partial charge on any atom is -0.366 e. The molecule has 0 bridgehead atoms. The first-order valence-electron chi connectivity index (χ1n) is 7.99. The summed E-state index contributed by atoms with van der Waals surface area (Å²) < 4.78 is 0. The quantitative estimate of drug-likeness (QED) is 0.736. The highest BCUT2D eigenvalue weighted by Crippen LogP contribution is 2.27. The Balaban J connectivity index is 2.13. The Kier molecular flexibility index (Phi) is 5.74. The van der Waals surface area contributed by atoms with E-state index >= 15 is 0 Å². The Morgan fingerprint density at radius 1 is 1.30 bits per heavy atom. The van der Waals surface area contributed by atoms with Crippen molar-refractivity contribution in [2.24, 2.45) is 17.4 Å². The number of carbonyl (C=O) groups excluding carboxylic acids is 2. The van der Waals surface area contributed by atoms with Gasteiger partial charge in [0.2, 0.25) is 11.8 Å². The van der Waals surface area contributed by atoms with E-state index in [0.29, 0.717) is 24.2 Å². The number of nitrogens with one attached hydrogen (secondary N) is 1. The van der Waals surface area contributed by atoms with Gasteiger partial charge in [-0.05, 0) is 50.6 Å². The molecule has 0 aliphatic heterocycles. The zero-order valence-electron chi connectivity index (χ0n) is 13.8. The van der Waals surface area contributed by atoms with Crippen molar-refractivity contribution in [2.45, 2.75) is 38.3 Å². The molecular weight excluding hydrogens is 292 g/mol. The number of benzene rings is 1. The molecule has 1 aliphatic carbocycles. The number of hydrogen-bond donors (Lipinski definition) is 3. The molecule has 6 heteroatoms. The zero-order valence-corrected chi connectivity index (χ0v) is 13.8. The zero-order chi connectivity index (χ0) is 17.0. The molecule has 0 unspecified atom stereocenters. The van der Waals surface area contributed by atoms with Gasteiger partial charge in [0.25, 0.3) is 0 Å². The maximum atomic E-state index is 12.3. The molecule has 1 aromatic carbocycles. The number of primary amides is 1. The molecule has 0 saturated heterocycles. The van der Waals surface area contributed by atoms with Crippen LogP contribution in [0.3, 0.4) is 0 Å². The fraction of sp³-hybridized carbons (Fsp3) is 0.529. The van der Waals surface area contributed by atoms with Gasteiger partial charge in [-0.1, -0.05) is 12.5 Å². The summed E-state index contributed by atoms with van der Waals surface area (Å²) in [6, 6.07) is 5.27. The molecule has 1 saturated carbocycles. The summed E-state index contributed by atoms with van der Waals surface area (Å²) in [4.78, 5) is 25.7. The van der Waals surface area contributed by atoms with Crippen LogP contribution in [0.15, 0.2) is 18.2 Å². The average molecular weight is 318 g/mol. The minimum absolute atomic E-state index is 0.0611. The van der Waals surface area contributed by atoms with E-state index in [-0.39, 0.29) is 17.9 Å². The Labute approximate surface area is 137 Å². The molecule has 23 heavy (non-hydrogen) atoms. The fourth-order valence-electron chi connectivity index (χ4n) is 3.08. The van der Waals surface area contributed by atoms with Crippen LogP contribution in [0.1, 0.15) is 41.6 Å². The van der Waals surface area contributed by atoms with E-state index in [0.717, 1.165) is 24.8 Å². The van der Waals surface area contributed by atoms with Crippen LogP contribution < -0.4 is 16.8 Å². The van der Waals surface area contributed by atoms with E-state index < -0.39 is 5.91 Å². The Morgan fingerprint density at radius 2 is 2.04 bits per heavy atom. The van der Waals surface area contributed by atoms with Crippen molar-refractivity contribution in [3.8, 4) is 0 Å². The molecule has 126 valence electrons. The van der Waals surface area contributed by atoms with E-state index in [4.69, 9.17) is 11.5 Å². The van der Waals surface area contributed by atoms with Gasteiger partial charge in [0.15, 0.2) is 0 Å². The van der Waals surface area contributed by atoms with Gasteiger partial charge in [-0.2, -0.15) is 0 Å². The predicted octanol–water partition coefficient (Wildman–Crippen LogP) is 1.30. The van der Waals surface area contributed by atoms with Gasteiger partial charge in [-0.25, -0.2) is 0 Å². The number of hydrogen-bond acceptors (Lipinski definition) is 4. The summed E-state index contributed by atoms with van der Waals surface area (Å²) >= 11 is 0. The third-order valence-electron chi connectivity index (χ3n) is 4.32. The second-order valence-corrected chi connectivity index (χ2v) is 6.58. The van der Waals surface area contributed by atoms with Crippen molar-refractivity contribution in [1.82, 2.24) is 4.90 Å². The van der Waals surface area contributed by atoms with Crippen molar-refractivity contribution in [3.05, 3.63) is 29.3 Å². The largest absolute Gasteiger partial charge is 0.366 e. The lowest BCUT2D eigenvalue weighted by Gasteiger charge is -2.18. The van der Waals surface area contributed by atoms with Crippen LogP contribution in [0.4, 0.5) is 5.69 Å². The Bertz CT molecular complexity index is 586. The van der Waals surface area contributed by atoms with Crippen LogP contribution in [0.25, 0.3) is 0 Å². The topological polar surface area (TPSA) is 101 Å². The highest BCUT2D eigenvalue weighted by atomic mass is 16.2. The monoisotopic (exact) mass is 318 g/mol. The van der Waals surface area contributed by atoms with Crippen LogP contribution in [0.5, 0.6) is 0 Å². The van der Waals surface area contributed by atoms with Crippen molar-refractivity contribution >= 4 is 17.5 Å². The lowest BCUT2D eigenvalue weighted by Crippen LogP contribution is -2.28. The molecule has 0 aromatic heterocycles. The first-order chi connectivity index (χ1) is 10.9. The highest BCUT2D eigenvalue weighted by molar-refractivity contribution is 5.97. The first-order valence-corrected chi connectivity index (χ1v) is 7.99. The van der Waals surface area contributed by atoms with Gasteiger partial charge >= 0.3 is 0 Å². The number of carbonyl (C=O) groups is 2. The van der Waals surface area contributed by atoms with Crippen LogP contribution in [0.2, 0.25) is 0 Å². The van der Waals surface area contributed by atoms with Gasteiger partial charge in [-0.3, -0.25) is 9.59 Å². The van der Waals surface area contributed by atoms with Gasteiger partial charge in [0, 0.05) is 30.3 Å². The number of rotatable bonds is 6. The summed E-state index contributed by atoms with van der Waals surface area (Å²) in [7, 11) is 3.90. The first kappa shape index (κ1) is 17.4. The molecule has 1 fully saturated rings. The van der Waals surface area contributed by atoms with E-state index in [1.165, 1.54) is 0 Å². The normalized spacial score (nSPS) is 20.7. The number of amides is 2. The van der Waals surface area contributed by atoms with Gasteiger partial charge in [0.1, 0.15) is 0 Å². The number of anilines is 1. The highest BCUT2D eigenvalue weighted by Gasteiger charge is 2.26. The molecule has 0 radical (unpaired) electrons. The van der Waals surface area contributed by atoms with Crippen LogP contribution >= 0.6 is 0 Å². The van der Waals surface area contributed by atoms with Gasteiger partial charge in [-0.15, -0.1) is 0 Å². The summed E-state index contributed by atoms with van der Waals surface area (Å²) in [5.41, 5.74) is 13.4. The van der Waals surface area contributed by atoms with Crippen molar-refractivity contribution in [3.63, 3.8) is 0 Å². The second kappa shape index (κ2) is 7.57. The molecule has 0 spiro atoms. The maximum Gasteiger partial charge on any atom is 0.248 e. The molecule has 5 N–H and O–H groups in total. The van der Waals surface area contributed by atoms with E-state index in [2.05, 4.69) is 5.32 Å². The molecule has 0 heterocycles. The summed E-state index contributed by atoms with van der Waals surface area (Å²) in [6.45, 7) is 0.664. The summed E-state index contributed by atoms with van der Waals surface area (Å²) in [5, 5.41) is 2.93. The smallest absolute Gasteiger partial charge is 0.248 e. The lowest BCUT2D eigenvalue weighted by atomic mass is 9.99. The molecule has 1 aromatic rings. The van der Waals surface area contributed by atoms with Gasteiger partial charge < -0.3 is 21.7 Å². The lowest BCUT2D eigenvalue weighted by molar-refractivity contribution is -0.117. The van der Waals surface area contributed by atoms with Crippen LogP contribution in [-0.2, 0) is 11.3 Å². The molecule has 2 atom stereocenters. The van der Waals surface area contributed by atoms with E-state index in [1.807, 2.05) is 25.1 Å². The van der Waals surface area contributed by atoms with Gasteiger partial charge in [0.05, 0.1) is 0 Å². The number of nitrogens with two attached hydrogens (primary N) is 2. The van der Waals surface area contributed by atoms with Crippen molar-refractivity contribution in [2.75, 3.05) is 19.4 Å². The molecule has 2 rings (SSSR count).